The Balaban J connectivity index is 4.55. The van der Waals surface area contributed by atoms with Crippen LogP contribution in [0.25, 0.3) is 0 Å². The highest BCUT2D eigenvalue weighted by atomic mass is 16.5. The summed E-state index contributed by atoms with van der Waals surface area (Å²) in [5.74, 6) is -0.179. The average Bonchev–Trinajstić information content (AvgIpc) is 1.85. The monoisotopic (exact) mass is 171 g/mol. The number of nitrogens with two attached hydrogens (primary N) is 1. The Bertz CT molecular complexity index is 191. The van der Waals surface area contributed by atoms with Gasteiger partial charge in [0.25, 0.3) is 0 Å². The lowest BCUT2D eigenvalue weighted by atomic mass is 10.0. The van der Waals surface area contributed by atoms with Crippen LogP contribution in [0.15, 0.2) is 11.3 Å². The molecule has 0 saturated heterocycles. The molecule has 0 atom stereocenters. The van der Waals surface area contributed by atoms with Crippen molar-refractivity contribution in [2.45, 2.75) is 27.7 Å². The number of allylic oxidation sites excluding steroid dienone is 1. The molecule has 0 rings (SSSR count). The number of hydrogen-bond acceptors (Lipinski definition) is 3. The number of ether oxygens (including phenoxy) is 1. The van der Waals surface area contributed by atoms with Crippen LogP contribution < -0.4 is 5.73 Å². The maximum atomic E-state index is 11.3. The summed E-state index contributed by atoms with van der Waals surface area (Å²) in [4.78, 5) is 11.3. The van der Waals surface area contributed by atoms with E-state index in [1.54, 1.807) is 13.8 Å². The first kappa shape index (κ1) is 11.0. The fourth-order valence-corrected chi connectivity index (χ4v) is 1.06. The summed E-state index contributed by atoms with van der Waals surface area (Å²) in [5, 5.41) is 0. The minimum absolute atomic E-state index is 0.119. The van der Waals surface area contributed by atoms with Gasteiger partial charge in [0.05, 0.1) is 12.2 Å². The quantitative estimate of drug-likeness (QED) is 0.516. The highest BCUT2D eigenvalue weighted by Crippen LogP contribution is 2.13. The molecule has 0 radical (unpaired) electrons. The number of esters is 1. The molecule has 0 aromatic carbocycles. The van der Waals surface area contributed by atoms with Crippen molar-refractivity contribution >= 4 is 5.97 Å². The summed E-state index contributed by atoms with van der Waals surface area (Å²) in [6.07, 6.45) is 0. The van der Waals surface area contributed by atoms with Gasteiger partial charge in [0.2, 0.25) is 0 Å². The van der Waals surface area contributed by atoms with Crippen molar-refractivity contribution in [3.05, 3.63) is 11.3 Å². The van der Waals surface area contributed by atoms with Crippen molar-refractivity contribution in [3.63, 3.8) is 0 Å². The molecule has 0 aliphatic rings. The van der Waals surface area contributed by atoms with E-state index in [0.29, 0.717) is 17.9 Å². The van der Waals surface area contributed by atoms with Crippen LogP contribution in [0.2, 0.25) is 0 Å². The van der Waals surface area contributed by atoms with Gasteiger partial charge in [-0.3, -0.25) is 0 Å². The molecule has 0 aliphatic heterocycles. The molecular formula is C9H17NO2. The average molecular weight is 171 g/mol. The maximum Gasteiger partial charge on any atom is 0.335 e. The van der Waals surface area contributed by atoms with Crippen LogP contribution in [-0.2, 0) is 9.53 Å². The van der Waals surface area contributed by atoms with Gasteiger partial charge in [-0.15, -0.1) is 0 Å². The van der Waals surface area contributed by atoms with Gasteiger partial charge in [-0.2, -0.15) is 0 Å². The van der Waals surface area contributed by atoms with Crippen molar-refractivity contribution in [1.82, 2.24) is 0 Å². The standard InChI is InChI=1S/C9H17NO2/c1-5-12-9(11)8(6(2)3)7(4)10/h6H,5,10H2,1-4H3/b8-7+. The predicted molar refractivity (Wildman–Crippen MR) is 48.4 cm³/mol. The van der Waals surface area contributed by atoms with Gasteiger partial charge in [-0.05, 0) is 19.8 Å². The molecule has 0 aromatic rings. The van der Waals surface area contributed by atoms with Crippen LogP contribution in [0.1, 0.15) is 27.7 Å². The number of carbonyl (C=O) groups excluding carboxylic acids is 1. The van der Waals surface area contributed by atoms with Gasteiger partial charge in [0.15, 0.2) is 0 Å². The van der Waals surface area contributed by atoms with Crippen LogP contribution in [0.5, 0.6) is 0 Å². The van der Waals surface area contributed by atoms with E-state index in [2.05, 4.69) is 0 Å². The zero-order chi connectivity index (χ0) is 9.72. The first-order valence-corrected chi connectivity index (χ1v) is 4.14. The van der Waals surface area contributed by atoms with Crippen molar-refractivity contribution in [2.75, 3.05) is 6.61 Å². The molecule has 0 amide bonds. The third-order valence-electron chi connectivity index (χ3n) is 1.50. The topological polar surface area (TPSA) is 52.3 Å². The lowest BCUT2D eigenvalue weighted by Crippen LogP contribution is -2.16. The van der Waals surface area contributed by atoms with Crippen LogP contribution in [0, 0.1) is 5.92 Å². The van der Waals surface area contributed by atoms with Gasteiger partial charge in [-0.1, -0.05) is 13.8 Å². The molecular weight excluding hydrogens is 154 g/mol. The van der Waals surface area contributed by atoms with E-state index < -0.39 is 0 Å². The summed E-state index contributed by atoms with van der Waals surface area (Å²) in [6, 6.07) is 0. The van der Waals surface area contributed by atoms with Crippen LogP contribution in [0.4, 0.5) is 0 Å². The fraction of sp³-hybridized carbons (Fsp3) is 0.667. The van der Waals surface area contributed by atoms with Crippen molar-refractivity contribution in [2.24, 2.45) is 11.7 Å². The Morgan fingerprint density at radius 3 is 2.25 bits per heavy atom. The molecule has 0 saturated carbocycles. The molecule has 2 N–H and O–H groups in total. The predicted octanol–water partition coefficient (Wildman–Crippen LogP) is 1.44. The Hall–Kier alpha value is -0.990. The molecule has 0 aromatic heterocycles. The van der Waals surface area contributed by atoms with Gasteiger partial charge in [0, 0.05) is 5.70 Å². The first-order valence-electron chi connectivity index (χ1n) is 4.14. The van der Waals surface area contributed by atoms with Gasteiger partial charge < -0.3 is 10.5 Å². The lowest BCUT2D eigenvalue weighted by molar-refractivity contribution is -0.139. The molecule has 0 fully saturated rings. The minimum atomic E-state index is -0.299. The minimum Gasteiger partial charge on any atom is -0.463 e. The van der Waals surface area contributed by atoms with Crippen LogP contribution in [0.3, 0.4) is 0 Å². The second-order valence-electron chi connectivity index (χ2n) is 2.97. The summed E-state index contributed by atoms with van der Waals surface area (Å²) in [6.45, 7) is 7.72. The van der Waals surface area contributed by atoms with Crippen LogP contribution in [-0.4, -0.2) is 12.6 Å². The van der Waals surface area contributed by atoms with Gasteiger partial charge in [-0.25, -0.2) is 4.79 Å². The van der Waals surface area contributed by atoms with E-state index in [9.17, 15) is 4.79 Å². The maximum absolute atomic E-state index is 11.3. The highest BCUT2D eigenvalue weighted by molar-refractivity contribution is 5.89. The molecule has 0 bridgehead atoms. The van der Waals surface area contributed by atoms with Gasteiger partial charge >= 0.3 is 5.97 Å². The first-order chi connectivity index (χ1) is 5.50. The van der Waals surface area contributed by atoms with Gasteiger partial charge in [0.1, 0.15) is 0 Å². The summed E-state index contributed by atoms with van der Waals surface area (Å²) in [5.41, 5.74) is 6.67. The third kappa shape index (κ3) is 2.95. The molecule has 0 heterocycles. The molecule has 3 heteroatoms. The Kier molecular flexibility index (Phi) is 4.40. The molecule has 0 spiro atoms. The zero-order valence-electron chi connectivity index (χ0n) is 8.18. The summed E-state index contributed by atoms with van der Waals surface area (Å²) >= 11 is 0. The number of rotatable bonds is 3. The van der Waals surface area contributed by atoms with E-state index in [4.69, 9.17) is 10.5 Å². The molecule has 70 valence electrons. The van der Waals surface area contributed by atoms with Crippen molar-refractivity contribution in [3.8, 4) is 0 Å². The van der Waals surface area contributed by atoms with E-state index in [-0.39, 0.29) is 11.9 Å². The fourth-order valence-electron chi connectivity index (χ4n) is 1.06. The van der Waals surface area contributed by atoms with E-state index >= 15 is 0 Å². The third-order valence-corrected chi connectivity index (χ3v) is 1.50. The SMILES string of the molecule is CCOC(=O)/C(=C(\C)N)C(C)C. The second-order valence-corrected chi connectivity index (χ2v) is 2.97. The Morgan fingerprint density at radius 2 is 2.00 bits per heavy atom. The number of carbonyl (C=O) groups is 1. The highest BCUT2D eigenvalue weighted by Gasteiger charge is 2.16. The summed E-state index contributed by atoms with van der Waals surface area (Å²) < 4.78 is 4.85. The summed E-state index contributed by atoms with van der Waals surface area (Å²) in [7, 11) is 0. The Labute approximate surface area is 73.6 Å². The molecule has 12 heavy (non-hydrogen) atoms. The lowest BCUT2D eigenvalue weighted by Gasteiger charge is -2.11. The Morgan fingerprint density at radius 1 is 1.50 bits per heavy atom. The van der Waals surface area contributed by atoms with Crippen LogP contribution >= 0.6 is 0 Å². The number of hydrogen-bond donors (Lipinski definition) is 1. The normalized spacial score (nSPS) is 12.8. The molecule has 0 aliphatic carbocycles. The van der Waals surface area contributed by atoms with Crippen molar-refractivity contribution < 1.29 is 9.53 Å². The molecule has 0 unspecified atom stereocenters. The van der Waals surface area contributed by atoms with E-state index in [1.165, 1.54) is 0 Å². The van der Waals surface area contributed by atoms with Crippen molar-refractivity contribution in [1.29, 1.82) is 0 Å². The van der Waals surface area contributed by atoms with E-state index in [0.717, 1.165) is 0 Å². The molecule has 3 nitrogen and oxygen atoms in total. The smallest absolute Gasteiger partial charge is 0.335 e. The van der Waals surface area contributed by atoms with E-state index in [1.807, 2.05) is 13.8 Å². The zero-order valence-corrected chi connectivity index (χ0v) is 8.18. The largest absolute Gasteiger partial charge is 0.463 e. The second kappa shape index (κ2) is 4.80.